The molecule has 0 fully saturated rings. The van der Waals surface area contributed by atoms with Crippen LogP contribution in [0.3, 0.4) is 0 Å². The number of furan rings is 1. The highest BCUT2D eigenvalue weighted by Gasteiger charge is 2.14. The van der Waals surface area contributed by atoms with Gasteiger partial charge < -0.3 is 14.8 Å². The minimum atomic E-state index is -0.969. The van der Waals surface area contributed by atoms with Crippen molar-refractivity contribution in [1.82, 2.24) is 5.32 Å². The summed E-state index contributed by atoms with van der Waals surface area (Å²) in [5.74, 6) is 0.0670. The summed E-state index contributed by atoms with van der Waals surface area (Å²) in [4.78, 5) is 10.9. The van der Waals surface area contributed by atoms with E-state index in [2.05, 4.69) is 5.32 Å². The van der Waals surface area contributed by atoms with Crippen molar-refractivity contribution >= 4 is 17.6 Å². The summed E-state index contributed by atoms with van der Waals surface area (Å²) in [6, 6.07) is 9.26. The van der Waals surface area contributed by atoms with E-state index in [1.165, 1.54) is 0 Å². The number of rotatable bonds is 5. The van der Waals surface area contributed by atoms with Crippen LogP contribution < -0.4 is 5.32 Å². The van der Waals surface area contributed by atoms with Crippen LogP contribution in [-0.2, 0) is 6.54 Å². The monoisotopic (exact) mass is 293 g/mol. The van der Waals surface area contributed by atoms with Crippen molar-refractivity contribution in [2.75, 3.05) is 0 Å². The molecular formula is C15H16ClNO3. The molecule has 20 heavy (non-hydrogen) atoms. The van der Waals surface area contributed by atoms with E-state index in [0.29, 0.717) is 23.1 Å². The summed E-state index contributed by atoms with van der Waals surface area (Å²) in [7, 11) is 0. The van der Waals surface area contributed by atoms with Crippen LogP contribution in [0.1, 0.15) is 40.4 Å². The van der Waals surface area contributed by atoms with E-state index in [1.54, 1.807) is 13.0 Å². The number of carboxylic acid groups (broad SMARTS) is 1. The molecule has 0 saturated heterocycles. The normalized spacial score (nSPS) is 12.3. The zero-order chi connectivity index (χ0) is 14.7. The van der Waals surface area contributed by atoms with E-state index in [-0.39, 0.29) is 11.6 Å². The number of hydrogen-bond donors (Lipinski definition) is 2. The Kier molecular flexibility index (Phi) is 4.47. The number of hydrogen-bond acceptors (Lipinski definition) is 3. The molecular weight excluding hydrogens is 278 g/mol. The predicted molar refractivity (Wildman–Crippen MR) is 77.1 cm³/mol. The average molecular weight is 294 g/mol. The number of halogens is 1. The highest BCUT2D eigenvalue weighted by molar-refractivity contribution is 6.30. The maximum atomic E-state index is 10.9. The van der Waals surface area contributed by atoms with Crippen LogP contribution in [0.25, 0.3) is 0 Å². The lowest BCUT2D eigenvalue weighted by molar-refractivity contribution is 0.0695. The largest absolute Gasteiger partial charge is 0.478 e. The van der Waals surface area contributed by atoms with Crippen LogP contribution in [0.4, 0.5) is 0 Å². The van der Waals surface area contributed by atoms with Gasteiger partial charge in [-0.1, -0.05) is 23.7 Å². The fourth-order valence-corrected chi connectivity index (χ4v) is 2.09. The van der Waals surface area contributed by atoms with Gasteiger partial charge in [-0.2, -0.15) is 0 Å². The first kappa shape index (κ1) is 14.6. The fraction of sp³-hybridized carbons (Fsp3) is 0.267. The van der Waals surface area contributed by atoms with Crippen LogP contribution in [0.5, 0.6) is 0 Å². The number of benzene rings is 1. The first-order valence-corrected chi connectivity index (χ1v) is 6.66. The van der Waals surface area contributed by atoms with Crippen LogP contribution in [0.15, 0.2) is 34.7 Å². The molecule has 0 aliphatic rings. The molecule has 1 aromatic carbocycles. The molecule has 0 radical (unpaired) electrons. The number of carboxylic acids is 1. The Balaban J connectivity index is 1.99. The van der Waals surface area contributed by atoms with Gasteiger partial charge in [0, 0.05) is 11.1 Å². The molecule has 106 valence electrons. The average Bonchev–Trinajstić information content (AvgIpc) is 2.78. The third-order valence-electron chi connectivity index (χ3n) is 3.15. The van der Waals surface area contributed by atoms with Gasteiger partial charge in [0.15, 0.2) is 0 Å². The second-order valence-electron chi connectivity index (χ2n) is 4.64. The molecule has 0 aliphatic heterocycles. The number of aromatic carboxylic acids is 1. The highest BCUT2D eigenvalue weighted by Crippen LogP contribution is 2.18. The van der Waals surface area contributed by atoms with Crippen molar-refractivity contribution in [3.8, 4) is 0 Å². The molecule has 2 rings (SSSR count). The van der Waals surface area contributed by atoms with E-state index < -0.39 is 5.97 Å². The van der Waals surface area contributed by atoms with Crippen LogP contribution in [0.2, 0.25) is 5.02 Å². The Morgan fingerprint density at radius 1 is 1.40 bits per heavy atom. The summed E-state index contributed by atoms with van der Waals surface area (Å²) in [6.45, 7) is 4.14. The lowest BCUT2D eigenvalue weighted by Gasteiger charge is -2.13. The second-order valence-corrected chi connectivity index (χ2v) is 5.08. The van der Waals surface area contributed by atoms with Crippen molar-refractivity contribution in [2.45, 2.75) is 26.4 Å². The predicted octanol–water partition coefficient (Wildman–Crippen LogP) is 3.79. The van der Waals surface area contributed by atoms with Crippen molar-refractivity contribution in [2.24, 2.45) is 0 Å². The Morgan fingerprint density at radius 3 is 2.60 bits per heavy atom. The van der Waals surface area contributed by atoms with E-state index >= 15 is 0 Å². The second kappa shape index (κ2) is 6.11. The minimum Gasteiger partial charge on any atom is -0.478 e. The molecule has 1 unspecified atom stereocenters. The number of nitrogens with one attached hydrogen (secondary N) is 1. The van der Waals surface area contributed by atoms with Crippen molar-refractivity contribution in [3.05, 3.63) is 58.0 Å². The molecule has 5 heteroatoms. The molecule has 1 aromatic heterocycles. The zero-order valence-corrected chi connectivity index (χ0v) is 12.1. The Labute approximate surface area is 122 Å². The van der Waals surface area contributed by atoms with Crippen molar-refractivity contribution in [3.63, 3.8) is 0 Å². The molecule has 1 atom stereocenters. The van der Waals surface area contributed by atoms with Gasteiger partial charge in [0.05, 0.1) is 6.54 Å². The third-order valence-corrected chi connectivity index (χ3v) is 3.40. The Morgan fingerprint density at radius 2 is 2.05 bits per heavy atom. The van der Waals surface area contributed by atoms with E-state index in [0.717, 1.165) is 5.56 Å². The minimum absolute atomic E-state index is 0.117. The molecule has 2 aromatic rings. The lowest BCUT2D eigenvalue weighted by Crippen LogP contribution is -2.17. The van der Waals surface area contributed by atoms with E-state index in [1.807, 2.05) is 31.2 Å². The van der Waals surface area contributed by atoms with E-state index in [4.69, 9.17) is 21.1 Å². The van der Waals surface area contributed by atoms with Gasteiger partial charge in [-0.05, 0) is 37.6 Å². The van der Waals surface area contributed by atoms with Crippen LogP contribution in [0, 0.1) is 6.92 Å². The van der Waals surface area contributed by atoms with Crippen molar-refractivity contribution < 1.29 is 14.3 Å². The standard InChI is InChI=1S/C15H16ClNO3/c1-9(11-3-5-12(16)6-4-11)17-8-13-7-14(15(18)19)10(2)20-13/h3-7,9,17H,8H2,1-2H3,(H,18,19). The first-order chi connectivity index (χ1) is 9.47. The zero-order valence-electron chi connectivity index (χ0n) is 11.3. The van der Waals surface area contributed by atoms with Gasteiger partial charge >= 0.3 is 5.97 Å². The molecule has 0 spiro atoms. The fourth-order valence-electron chi connectivity index (χ4n) is 1.97. The Bertz CT molecular complexity index is 604. The van der Waals surface area contributed by atoms with Gasteiger partial charge in [0.25, 0.3) is 0 Å². The van der Waals surface area contributed by atoms with Crippen LogP contribution >= 0.6 is 11.6 Å². The topological polar surface area (TPSA) is 62.5 Å². The molecule has 0 bridgehead atoms. The first-order valence-electron chi connectivity index (χ1n) is 6.29. The molecule has 1 heterocycles. The van der Waals surface area contributed by atoms with Crippen molar-refractivity contribution in [1.29, 1.82) is 0 Å². The molecule has 2 N–H and O–H groups in total. The molecule has 4 nitrogen and oxygen atoms in total. The van der Waals surface area contributed by atoms with Gasteiger partial charge in [0.1, 0.15) is 17.1 Å². The Hall–Kier alpha value is -1.78. The molecule has 0 saturated carbocycles. The lowest BCUT2D eigenvalue weighted by atomic mass is 10.1. The summed E-state index contributed by atoms with van der Waals surface area (Å²) in [5, 5.41) is 13.0. The third kappa shape index (κ3) is 3.40. The number of aryl methyl sites for hydroxylation is 1. The molecule has 0 amide bonds. The van der Waals surface area contributed by atoms with Gasteiger partial charge in [0.2, 0.25) is 0 Å². The summed E-state index contributed by atoms with van der Waals surface area (Å²) < 4.78 is 5.42. The summed E-state index contributed by atoms with van der Waals surface area (Å²) in [6.07, 6.45) is 0. The van der Waals surface area contributed by atoms with Gasteiger partial charge in [-0.3, -0.25) is 0 Å². The molecule has 0 aliphatic carbocycles. The van der Waals surface area contributed by atoms with E-state index in [9.17, 15) is 4.79 Å². The maximum absolute atomic E-state index is 10.9. The summed E-state index contributed by atoms with van der Waals surface area (Å²) in [5.41, 5.74) is 1.32. The highest BCUT2D eigenvalue weighted by atomic mass is 35.5. The number of carbonyl (C=O) groups is 1. The van der Waals surface area contributed by atoms with Crippen LogP contribution in [-0.4, -0.2) is 11.1 Å². The van der Waals surface area contributed by atoms with Gasteiger partial charge in [-0.25, -0.2) is 4.79 Å². The maximum Gasteiger partial charge on any atom is 0.339 e. The smallest absolute Gasteiger partial charge is 0.339 e. The SMILES string of the molecule is Cc1oc(CNC(C)c2ccc(Cl)cc2)cc1C(=O)O. The van der Waals surface area contributed by atoms with Gasteiger partial charge in [-0.15, -0.1) is 0 Å². The summed E-state index contributed by atoms with van der Waals surface area (Å²) >= 11 is 5.85. The quantitative estimate of drug-likeness (QED) is 0.880.